The third-order valence-electron chi connectivity index (χ3n) is 2.81. The van der Waals surface area contributed by atoms with Crippen molar-refractivity contribution in [2.24, 2.45) is 0 Å². The van der Waals surface area contributed by atoms with Crippen LogP contribution in [0.1, 0.15) is 27.2 Å². The van der Waals surface area contributed by atoms with Crippen LogP contribution in [0.4, 0.5) is 0 Å². The number of ether oxygens (including phenoxy) is 4. The van der Waals surface area contributed by atoms with E-state index in [9.17, 15) is 18.9 Å². The van der Waals surface area contributed by atoms with Crippen molar-refractivity contribution in [1.29, 1.82) is 0 Å². The summed E-state index contributed by atoms with van der Waals surface area (Å²) in [6.45, 7) is 2.97. The molecule has 11 nitrogen and oxygen atoms in total. The summed E-state index contributed by atoms with van der Waals surface area (Å²) < 4.78 is 35.5. The van der Waals surface area contributed by atoms with E-state index in [1.807, 2.05) is 0 Å². The normalized spacial score (nSPS) is 27.2. The highest BCUT2D eigenvalue weighted by Crippen LogP contribution is 2.41. The predicted octanol–water partition coefficient (Wildman–Crippen LogP) is -0.363. The Balaban J connectivity index is 2.99. The summed E-state index contributed by atoms with van der Waals surface area (Å²) in [6, 6.07) is 0. The van der Waals surface area contributed by atoms with Crippen molar-refractivity contribution >= 4 is 25.7 Å². The van der Waals surface area contributed by atoms with Crippen molar-refractivity contribution in [3.8, 4) is 0 Å². The molecule has 0 radical (unpaired) electrons. The van der Waals surface area contributed by atoms with Gasteiger partial charge in [-0.3, -0.25) is 18.9 Å². The highest BCUT2D eigenvalue weighted by atomic mass is 31.2. The van der Waals surface area contributed by atoms with E-state index in [4.69, 9.17) is 28.7 Å². The molecule has 1 aliphatic heterocycles. The maximum atomic E-state index is 11.3. The zero-order chi connectivity index (χ0) is 18.5. The Bertz CT molecular complexity index is 527. The first kappa shape index (κ1) is 20.5. The van der Waals surface area contributed by atoms with Gasteiger partial charge in [-0.15, -0.1) is 0 Å². The van der Waals surface area contributed by atoms with Gasteiger partial charge in [0.15, 0.2) is 12.4 Å². The first-order chi connectivity index (χ1) is 11.0. The molecular formula is C12H19O11P. The van der Waals surface area contributed by atoms with Crippen LogP contribution in [0, 0.1) is 0 Å². The Labute approximate surface area is 137 Å². The lowest BCUT2D eigenvalue weighted by molar-refractivity contribution is -0.248. The van der Waals surface area contributed by atoms with E-state index in [1.165, 1.54) is 0 Å². The van der Waals surface area contributed by atoms with Gasteiger partial charge in [0, 0.05) is 27.2 Å². The number of hydrogen-bond acceptors (Lipinski definition) is 9. The minimum atomic E-state index is -4.89. The third-order valence-corrected chi connectivity index (χ3v) is 3.32. The average Bonchev–Trinajstić information content (AvgIpc) is 2.36. The van der Waals surface area contributed by atoms with Gasteiger partial charge >= 0.3 is 25.7 Å². The highest BCUT2D eigenvalue weighted by molar-refractivity contribution is 7.46. The van der Waals surface area contributed by atoms with E-state index in [2.05, 4.69) is 4.52 Å². The Kier molecular flexibility index (Phi) is 7.30. The predicted molar refractivity (Wildman–Crippen MR) is 74.1 cm³/mol. The number of esters is 3. The molecule has 0 spiro atoms. The molecule has 1 aliphatic rings. The first-order valence-corrected chi connectivity index (χ1v) is 8.38. The molecule has 0 saturated carbocycles. The van der Waals surface area contributed by atoms with Crippen molar-refractivity contribution in [3.63, 3.8) is 0 Å². The van der Waals surface area contributed by atoms with E-state index in [-0.39, 0.29) is 6.42 Å². The quantitative estimate of drug-likeness (QED) is 0.357. The summed E-state index contributed by atoms with van der Waals surface area (Å²) >= 11 is 0. The van der Waals surface area contributed by atoms with Crippen molar-refractivity contribution in [2.45, 2.75) is 51.8 Å². The molecule has 12 heteroatoms. The van der Waals surface area contributed by atoms with Gasteiger partial charge in [-0.1, -0.05) is 0 Å². The molecule has 0 aromatic carbocycles. The van der Waals surface area contributed by atoms with Crippen molar-refractivity contribution in [2.75, 3.05) is 6.61 Å². The second-order valence-corrected chi connectivity index (χ2v) is 6.15. The van der Waals surface area contributed by atoms with Crippen LogP contribution in [-0.4, -0.2) is 58.9 Å². The minimum Gasteiger partial charge on any atom is -0.463 e. The van der Waals surface area contributed by atoms with Gasteiger partial charge in [-0.25, -0.2) is 4.57 Å². The Morgan fingerprint density at radius 3 is 2.12 bits per heavy atom. The van der Waals surface area contributed by atoms with Gasteiger partial charge in [0.1, 0.15) is 18.8 Å². The molecule has 1 rings (SSSR count). The van der Waals surface area contributed by atoms with Crippen LogP contribution in [0.15, 0.2) is 0 Å². The number of phosphoric ester groups is 1. The Morgan fingerprint density at radius 2 is 1.67 bits per heavy atom. The standard InChI is InChI=1S/C12H19O11P/c1-6(13)19-5-10-12(21-8(3)15)9(20-7(2)14)4-11(22-10)23-24(16,17)18/h9-12H,4-5H2,1-3H3,(H2,16,17,18)/t9-,10-,11+,12+/m1/s1. The average molecular weight is 370 g/mol. The van der Waals surface area contributed by atoms with Crippen molar-refractivity contribution < 1.29 is 52.2 Å². The lowest BCUT2D eigenvalue weighted by Gasteiger charge is -2.39. The summed E-state index contributed by atoms with van der Waals surface area (Å²) in [5.41, 5.74) is 0. The zero-order valence-corrected chi connectivity index (χ0v) is 14.1. The molecule has 0 amide bonds. The fourth-order valence-electron chi connectivity index (χ4n) is 2.12. The fraction of sp³-hybridized carbons (Fsp3) is 0.750. The van der Waals surface area contributed by atoms with Crippen LogP contribution in [0.5, 0.6) is 0 Å². The van der Waals surface area contributed by atoms with E-state index in [0.29, 0.717) is 0 Å². The topological polar surface area (TPSA) is 155 Å². The number of rotatable bonds is 6. The van der Waals surface area contributed by atoms with E-state index < -0.39 is 56.9 Å². The first-order valence-electron chi connectivity index (χ1n) is 6.85. The highest BCUT2D eigenvalue weighted by Gasteiger charge is 2.45. The third kappa shape index (κ3) is 7.37. The lowest BCUT2D eigenvalue weighted by Crippen LogP contribution is -2.54. The minimum absolute atomic E-state index is 0.292. The van der Waals surface area contributed by atoms with Gasteiger partial charge in [0.2, 0.25) is 0 Å². The fourth-order valence-corrected chi connectivity index (χ4v) is 2.56. The molecule has 1 heterocycles. The maximum Gasteiger partial charge on any atom is 0.471 e. The molecule has 0 aliphatic carbocycles. The molecule has 24 heavy (non-hydrogen) atoms. The van der Waals surface area contributed by atoms with E-state index in [0.717, 1.165) is 20.8 Å². The molecule has 1 saturated heterocycles. The monoisotopic (exact) mass is 370 g/mol. The molecule has 0 aromatic rings. The Hall–Kier alpha value is -1.52. The van der Waals surface area contributed by atoms with Crippen molar-refractivity contribution in [3.05, 3.63) is 0 Å². The summed E-state index contributed by atoms with van der Waals surface area (Å²) in [7, 11) is -4.89. The van der Waals surface area contributed by atoms with E-state index >= 15 is 0 Å². The molecule has 4 atom stereocenters. The number of phosphoric acid groups is 1. The van der Waals surface area contributed by atoms with Gasteiger partial charge < -0.3 is 28.7 Å². The molecular weight excluding hydrogens is 351 g/mol. The van der Waals surface area contributed by atoms with Gasteiger partial charge in [0.25, 0.3) is 0 Å². The van der Waals surface area contributed by atoms with Gasteiger partial charge in [-0.05, 0) is 0 Å². The summed E-state index contributed by atoms with van der Waals surface area (Å²) in [5, 5.41) is 0. The summed E-state index contributed by atoms with van der Waals surface area (Å²) in [4.78, 5) is 51.2. The van der Waals surface area contributed by atoms with Crippen LogP contribution in [0.2, 0.25) is 0 Å². The summed E-state index contributed by atoms with van der Waals surface area (Å²) in [6.07, 6.45) is -5.13. The molecule has 138 valence electrons. The smallest absolute Gasteiger partial charge is 0.463 e. The molecule has 1 fully saturated rings. The van der Waals surface area contributed by atoms with Crippen molar-refractivity contribution in [1.82, 2.24) is 0 Å². The second-order valence-electron chi connectivity index (χ2n) is 4.96. The van der Waals surface area contributed by atoms with Gasteiger partial charge in [-0.2, -0.15) is 0 Å². The summed E-state index contributed by atoms with van der Waals surface area (Å²) in [5.74, 6) is -2.06. The number of carbonyl (C=O) groups excluding carboxylic acids is 3. The Morgan fingerprint density at radius 1 is 1.08 bits per heavy atom. The van der Waals surface area contributed by atoms with Crippen LogP contribution in [0.25, 0.3) is 0 Å². The molecule has 0 aromatic heterocycles. The van der Waals surface area contributed by atoms with Crippen LogP contribution in [-0.2, 0) is 42.4 Å². The second kappa shape index (κ2) is 8.54. The molecule has 0 unspecified atom stereocenters. The van der Waals surface area contributed by atoms with Gasteiger partial charge in [0.05, 0.1) is 0 Å². The van der Waals surface area contributed by atoms with E-state index in [1.54, 1.807) is 0 Å². The molecule has 2 N–H and O–H groups in total. The number of carbonyl (C=O) groups is 3. The van der Waals surface area contributed by atoms with Crippen LogP contribution in [0.3, 0.4) is 0 Å². The molecule has 0 bridgehead atoms. The SMILES string of the molecule is CC(=O)OC[C@H]1O[C@@H](OP(=O)(O)O)C[C@@H](OC(C)=O)[C@@H]1OC(C)=O. The van der Waals surface area contributed by atoms with Crippen LogP contribution >= 0.6 is 7.82 Å². The maximum absolute atomic E-state index is 11.3. The zero-order valence-electron chi connectivity index (χ0n) is 13.2. The largest absolute Gasteiger partial charge is 0.471 e. The van der Waals surface area contributed by atoms with Crippen LogP contribution < -0.4 is 0 Å². The lowest BCUT2D eigenvalue weighted by atomic mass is 10.0. The number of hydrogen-bond donors (Lipinski definition) is 2.